The molecule has 3 rings (SSSR count). The number of nitrogen functional groups attached to an aromatic ring is 1. The average Bonchev–Trinajstić information content (AvgIpc) is 3.19. The molecule has 0 atom stereocenters. The first-order chi connectivity index (χ1) is 9.66. The van der Waals surface area contributed by atoms with E-state index in [0.717, 1.165) is 29.0 Å². The summed E-state index contributed by atoms with van der Waals surface area (Å²) < 4.78 is 1.12. The molecule has 1 fully saturated rings. The van der Waals surface area contributed by atoms with Gasteiger partial charge < -0.3 is 11.1 Å². The van der Waals surface area contributed by atoms with Crippen molar-refractivity contribution in [3.8, 4) is 0 Å². The highest BCUT2D eigenvalue weighted by molar-refractivity contribution is 7.21. The summed E-state index contributed by atoms with van der Waals surface area (Å²) in [4.78, 5) is 12.9. The van der Waals surface area contributed by atoms with Gasteiger partial charge in [0.1, 0.15) is 4.88 Å². The molecule has 0 aliphatic heterocycles. The molecule has 0 unspecified atom stereocenters. The highest BCUT2D eigenvalue weighted by Crippen LogP contribution is 2.35. The first kappa shape index (κ1) is 13.4. The second-order valence-electron chi connectivity index (χ2n) is 5.64. The summed E-state index contributed by atoms with van der Waals surface area (Å²) in [6.45, 7) is 2.80. The lowest BCUT2D eigenvalue weighted by atomic mass is 10.1. The Morgan fingerprint density at radius 1 is 1.45 bits per heavy atom. The molecule has 3 N–H and O–H groups in total. The Kier molecular flexibility index (Phi) is 3.66. The van der Waals surface area contributed by atoms with E-state index in [2.05, 4.69) is 18.3 Å². The SMILES string of the molecule is Cc1cccc2c(N)c(C(=O)NCCCC3CC3)sc12. The van der Waals surface area contributed by atoms with Gasteiger partial charge in [0, 0.05) is 16.6 Å². The van der Waals surface area contributed by atoms with Crippen LogP contribution < -0.4 is 11.1 Å². The third-order valence-electron chi connectivity index (χ3n) is 3.93. The number of hydrogen-bond acceptors (Lipinski definition) is 3. The minimum atomic E-state index is -0.0288. The van der Waals surface area contributed by atoms with Gasteiger partial charge in [0.05, 0.1) is 5.69 Å². The van der Waals surface area contributed by atoms with E-state index >= 15 is 0 Å². The van der Waals surface area contributed by atoms with Crippen molar-refractivity contribution < 1.29 is 4.79 Å². The molecule has 20 heavy (non-hydrogen) atoms. The maximum atomic E-state index is 12.2. The third kappa shape index (κ3) is 2.66. The summed E-state index contributed by atoms with van der Waals surface area (Å²) >= 11 is 1.50. The molecule has 3 nitrogen and oxygen atoms in total. The minimum Gasteiger partial charge on any atom is -0.397 e. The second-order valence-corrected chi connectivity index (χ2v) is 6.66. The quantitative estimate of drug-likeness (QED) is 0.824. The first-order valence-electron chi connectivity index (χ1n) is 7.22. The van der Waals surface area contributed by atoms with Crippen molar-refractivity contribution in [2.45, 2.75) is 32.6 Å². The van der Waals surface area contributed by atoms with E-state index in [4.69, 9.17) is 5.73 Å². The Bertz CT molecular complexity index is 643. The summed E-state index contributed by atoms with van der Waals surface area (Å²) in [6.07, 6.45) is 5.05. The number of carbonyl (C=O) groups is 1. The van der Waals surface area contributed by atoms with Gasteiger partial charge in [0.2, 0.25) is 0 Å². The van der Waals surface area contributed by atoms with Gasteiger partial charge in [-0.15, -0.1) is 11.3 Å². The van der Waals surface area contributed by atoms with Gasteiger partial charge in [-0.1, -0.05) is 31.0 Å². The Labute approximate surface area is 123 Å². The van der Waals surface area contributed by atoms with Crippen LogP contribution in [0.3, 0.4) is 0 Å². The van der Waals surface area contributed by atoms with Crippen LogP contribution in [0.1, 0.15) is 40.9 Å². The van der Waals surface area contributed by atoms with E-state index in [1.54, 1.807) is 0 Å². The van der Waals surface area contributed by atoms with Crippen LogP contribution >= 0.6 is 11.3 Å². The largest absolute Gasteiger partial charge is 0.397 e. The molecule has 4 heteroatoms. The molecule has 0 radical (unpaired) electrons. The summed E-state index contributed by atoms with van der Waals surface area (Å²) in [5.74, 6) is 0.892. The lowest BCUT2D eigenvalue weighted by Gasteiger charge is -2.03. The molecule has 1 saturated carbocycles. The Morgan fingerprint density at radius 2 is 2.25 bits per heavy atom. The van der Waals surface area contributed by atoms with Gasteiger partial charge in [-0.05, 0) is 31.2 Å². The van der Waals surface area contributed by atoms with Gasteiger partial charge in [-0.2, -0.15) is 0 Å². The summed E-state index contributed by atoms with van der Waals surface area (Å²) in [5, 5.41) is 3.99. The lowest BCUT2D eigenvalue weighted by molar-refractivity contribution is 0.0957. The second kappa shape index (κ2) is 5.44. The van der Waals surface area contributed by atoms with Crippen molar-refractivity contribution in [1.82, 2.24) is 5.32 Å². The van der Waals surface area contributed by atoms with Crippen LogP contribution in [-0.2, 0) is 0 Å². The summed E-state index contributed by atoms with van der Waals surface area (Å²) in [5.41, 5.74) is 7.91. The van der Waals surface area contributed by atoms with E-state index in [9.17, 15) is 4.79 Å². The van der Waals surface area contributed by atoms with E-state index in [1.807, 2.05) is 12.1 Å². The van der Waals surface area contributed by atoms with Crippen LogP contribution in [0.5, 0.6) is 0 Å². The average molecular weight is 288 g/mol. The third-order valence-corrected chi connectivity index (χ3v) is 5.28. The molecular weight excluding hydrogens is 268 g/mol. The molecule has 1 aliphatic carbocycles. The number of hydrogen-bond donors (Lipinski definition) is 2. The number of carbonyl (C=O) groups excluding carboxylic acids is 1. The van der Waals surface area contributed by atoms with E-state index in [1.165, 1.54) is 36.2 Å². The zero-order valence-electron chi connectivity index (χ0n) is 11.7. The Balaban J connectivity index is 1.70. The number of nitrogens with two attached hydrogens (primary N) is 1. The number of thiophene rings is 1. The molecule has 2 aromatic rings. The number of aryl methyl sites for hydroxylation is 1. The van der Waals surface area contributed by atoms with Crippen molar-refractivity contribution in [3.05, 3.63) is 28.6 Å². The Morgan fingerprint density at radius 3 is 2.95 bits per heavy atom. The number of fused-ring (bicyclic) bond motifs is 1. The van der Waals surface area contributed by atoms with Gasteiger partial charge in [-0.25, -0.2) is 0 Å². The van der Waals surface area contributed by atoms with Crippen LogP contribution in [0.2, 0.25) is 0 Å². The number of rotatable bonds is 5. The predicted octanol–water partition coefficient (Wildman–Crippen LogP) is 3.71. The maximum Gasteiger partial charge on any atom is 0.263 e. The van der Waals surface area contributed by atoms with Crippen molar-refractivity contribution >= 4 is 33.0 Å². The number of nitrogens with one attached hydrogen (secondary N) is 1. The zero-order valence-corrected chi connectivity index (χ0v) is 12.6. The van der Waals surface area contributed by atoms with Crippen molar-refractivity contribution in [1.29, 1.82) is 0 Å². The summed E-state index contributed by atoms with van der Waals surface area (Å²) in [6, 6.07) is 6.02. The predicted molar refractivity (Wildman–Crippen MR) is 85.3 cm³/mol. The van der Waals surface area contributed by atoms with E-state index in [0.29, 0.717) is 10.6 Å². The zero-order chi connectivity index (χ0) is 14.1. The molecule has 1 aromatic heterocycles. The number of benzene rings is 1. The van der Waals surface area contributed by atoms with Crippen LogP contribution in [0, 0.1) is 12.8 Å². The summed E-state index contributed by atoms with van der Waals surface area (Å²) in [7, 11) is 0. The highest BCUT2D eigenvalue weighted by atomic mass is 32.1. The normalized spacial score (nSPS) is 14.7. The number of anilines is 1. The van der Waals surface area contributed by atoms with E-state index < -0.39 is 0 Å². The smallest absolute Gasteiger partial charge is 0.263 e. The van der Waals surface area contributed by atoms with Crippen LogP contribution in [0.25, 0.3) is 10.1 Å². The molecule has 0 saturated heterocycles. The first-order valence-corrected chi connectivity index (χ1v) is 8.04. The van der Waals surface area contributed by atoms with Crippen LogP contribution in [0.15, 0.2) is 18.2 Å². The maximum absolute atomic E-state index is 12.2. The molecule has 0 bridgehead atoms. The Hall–Kier alpha value is -1.55. The topological polar surface area (TPSA) is 55.1 Å². The molecule has 1 amide bonds. The molecule has 0 spiro atoms. The van der Waals surface area contributed by atoms with Gasteiger partial charge in [0.25, 0.3) is 5.91 Å². The number of amides is 1. The van der Waals surface area contributed by atoms with Crippen LogP contribution in [0.4, 0.5) is 5.69 Å². The van der Waals surface area contributed by atoms with Crippen molar-refractivity contribution in [3.63, 3.8) is 0 Å². The lowest BCUT2D eigenvalue weighted by Crippen LogP contribution is -2.24. The standard InChI is InChI=1S/C16H20N2OS/c1-10-4-2-6-12-13(17)15(20-14(10)12)16(19)18-9-3-5-11-7-8-11/h2,4,6,11H,3,5,7-9,17H2,1H3,(H,18,19). The molecule has 1 aliphatic rings. The monoisotopic (exact) mass is 288 g/mol. The fourth-order valence-corrected chi connectivity index (χ4v) is 3.63. The van der Waals surface area contributed by atoms with Crippen LogP contribution in [-0.4, -0.2) is 12.5 Å². The molecule has 1 heterocycles. The molecule has 106 valence electrons. The van der Waals surface area contributed by atoms with Crippen molar-refractivity contribution in [2.24, 2.45) is 5.92 Å². The molecular formula is C16H20N2OS. The fraction of sp³-hybridized carbons (Fsp3) is 0.438. The molecule has 1 aromatic carbocycles. The fourth-order valence-electron chi connectivity index (χ4n) is 2.53. The van der Waals surface area contributed by atoms with E-state index in [-0.39, 0.29) is 5.91 Å². The van der Waals surface area contributed by atoms with Gasteiger partial charge in [-0.3, -0.25) is 4.79 Å². The van der Waals surface area contributed by atoms with Gasteiger partial charge in [0.15, 0.2) is 0 Å². The van der Waals surface area contributed by atoms with Crippen molar-refractivity contribution in [2.75, 3.05) is 12.3 Å². The minimum absolute atomic E-state index is 0.0288. The van der Waals surface area contributed by atoms with Gasteiger partial charge >= 0.3 is 0 Å². The highest BCUT2D eigenvalue weighted by Gasteiger charge is 2.21.